The molecule has 0 heterocycles. The molecule has 0 saturated carbocycles. The zero-order valence-corrected chi connectivity index (χ0v) is 13.1. The molecule has 1 atom stereocenters. The van der Waals surface area contributed by atoms with Crippen molar-refractivity contribution < 1.29 is 4.74 Å². The van der Waals surface area contributed by atoms with Crippen molar-refractivity contribution in [1.82, 2.24) is 0 Å². The first kappa shape index (κ1) is 14.3. The average molecular weight is 367 g/mol. The first-order valence-electron chi connectivity index (χ1n) is 6.42. The highest BCUT2D eigenvalue weighted by Gasteiger charge is 2.03. The van der Waals surface area contributed by atoms with Crippen LogP contribution < -0.4 is 10.5 Å². The zero-order valence-electron chi connectivity index (χ0n) is 11.0. The van der Waals surface area contributed by atoms with Crippen molar-refractivity contribution in [2.45, 2.75) is 26.0 Å². The lowest BCUT2D eigenvalue weighted by Crippen LogP contribution is -2.08. The van der Waals surface area contributed by atoms with Crippen molar-refractivity contribution in [3.8, 4) is 5.75 Å². The summed E-state index contributed by atoms with van der Waals surface area (Å²) in [5.41, 5.74) is 8.31. The van der Waals surface area contributed by atoms with Crippen molar-refractivity contribution in [2.24, 2.45) is 5.73 Å². The summed E-state index contributed by atoms with van der Waals surface area (Å²) in [7, 11) is 0. The minimum absolute atomic E-state index is 0.116. The molecular weight excluding hydrogens is 349 g/mol. The third kappa shape index (κ3) is 4.21. The summed E-state index contributed by atoms with van der Waals surface area (Å²) in [5.74, 6) is 0.880. The van der Waals surface area contributed by atoms with Gasteiger partial charge in [-0.3, -0.25) is 0 Å². The molecule has 0 radical (unpaired) electrons. The molecule has 2 aromatic carbocycles. The van der Waals surface area contributed by atoms with Gasteiger partial charge < -0.3 is 10.5 Å². The molecule has 19 heavy (non-hydrogen) atoms. The molecule has 100 valence electrons. The number of benzene rings is 2. The second kappa shape index (κ2) is 6.91. The Bertz CT molecular complexity index is 507. The van der Waals surface area contributed by atoms with E-state index >= 15 is 0 Å². The van der Waals surface area contributed by atoms with Crippen LogP contribution in [0.5, 0.6) is 5.75 Å². The number of hydrogen-bond donors (Lipinski definition) is 1. The summed E-state index contributed by atoms with van der Waals surface area (Å²) in [6, 6.07) is 16.5. The summed E-state index contributed by atoms with van der Waals surface area (Å²) in [6.07, 6.45) is 0.947. The first-order chi connectivity index (χ1) is 9.19. The summed E-state index contributed by atoms with van der Waals surface area (Å²) in [6.45, 7) is 2.68. The lowest BCUT2D eigenvalue weighted by molar-refractivity contribution is 0.306. The van der Waals surface area contributed by atoms with Crippen LogP contribution >= 0.6 is 22.6 Å². The molecule has 0 amide bonds. The van der Waals surface area contributed by atoms with Gasteiger partial charge >= 0.3 is 0 Å². The number of nitrogens with two attached hydrogens (primary N) is 1. The minimum atomic E-state index is 0.116. The minimum Gasteiger partial charge on any atom is -0.489 e. The van der Waals surface area contributed by atoms with Crippen LogP contribution in [0.25, 0.3) is 0 Å². The molecule has 0 aliphatic heterocycles. The maximum atomic E-state index is 5.98. The van der Waals surface area contributed by atoms with Gasteiger partial charge in [-0.25, -0.2) is 0 Å². The predicted molar refractivity (Wildman–Crippen MR) is 87.2 cm³/mol. The van der Waals surface area contributed by atoms with E-state index in [9.17, 15) is 0 Å². The van der Waals surface area contributed by atoms with Gasteiger partial charge in [0.1, 0.15) is 12.4 Å². The SMILES string of the molecule is CC[C@@H](N)c1ccc(OCc2ccc(I)cc2)cc1. The Hall–Kier alpha value is -1.07. The second-order valence-corrected chi connectivity index (χ2v) is 5.74. The van der Waals surface area contributed by atoms with E-state index in [4.69, 9.17) is 10.5 Å². The Morgan fingerprint density at radius 2 is 1.68 bits per heavy atom. The summed E-state index contributed by atoms with van der Waals surface area (Å²) < 4.78 is 6.99. The Balaban J connectivity index is 1.94. The maximum Gasteiger partial charge on any atom is 0.119 e. The molecule has 0 aromatic heterocycles. The highest BCUT2D eigenvalue weighted by atomic mass is 127. The smallest absolute Gasteiger partial charge is 0.119 e. The van der Waals surface area contributed by atoms with Crippen LogP contribution in [0.15, 0.2) is 48.5 Å². The number of halogens is 1. The number of rotatable bonds is 5. The van der Waals surface area contributed by atoms with Crippen molar-refractivity contribution >= 4 is 22.6 Å². The third-order valence-electron chi connectivity index (χ3n) is 3.07. The van der Waals surface area contributed by atoms with Crippen LogP contribution in [0.4, 0.5) is 0 Å². The van der Waals surface area contributed by atoms with E-state index < -0.39 is 0 Å². The second-order valence-electron chi connectivity index (χ2n) is 4.50. The fourth-order valence-corrected chi connectivity index (χ4v) is 2.15. The molecule has 3 heteroatoms. The fraction of sp³-hybridized carbons (Fsp3) is 0.250. The van der Waals surface area contributed by atoms with Gasteiger partial charge in [-0.15, -0.1) is 0 Å². The van der Waals surface area contributed by atoms with Crippen LogP contribution in [-0.4, -0.2) is 0 Å². The van der Waals surface area contributed by atoms with Gasteiger partial charge in [-0.1, -0.05) is 31.2 Å². The monoisotopic (exact) mass is 367 g/mol. The average Bonchev–Trinajstić information content (AvgIpc) is 2.46. The predicted octanol–water partition coefficient (Wildman–Crippen LogP) is 4.28. The van der Waals surface area contributed by atoms with Gasteiger partial charge in [-0.05, 0) is 64.4 Å². The molecule has 0 spiro atoms. The third-order valence-corrected chi connectivity index (χ3v) is 3.79. The van der Waals surface area contributed by atoms with Gasteiger partial charge in [0.25, 0.3) is 0 Å². The van der Waals surface area contributed by atoms with E-state index in [1.807, 2.05) is 24.3 Å². The van der Waals surface area contributed by atoms with Crippen LogP contribution in [0.2, 0.25) is 0 Å². The molecule has 2 aromatic rings. The topological polar surface area (TPSA) is 35.2 Å². The van der Waals surface area contributed by atoms with E-state index in [1.54, 1.807) is 0 Å². The van der Waals surface area contributed by atoms with Crippen LogP contribution in [0.3, 0.4) is 0 Å². The molecule has 0 fully saturated rings. The molecule has 0 aliphatic rings. The van der Waals surface area contributed by atoms with Gasteiger partial charge in [0.05, 0.1) is 0 Å². The molecule has 2 N–H and O–H groups in total. The molecule has 0 saturated heterocycles. The highest BCUT2D eigenvalue weighted by molar-refractivity contribution is 14.1. The van der Waals surface area contributed by atoms with Crippen molar-refractivity contribution in [2.75, 3.05) is 0 Å². The van der Waals surface area contributed by atoms with E-state index in [0.717, 1.165) is 17.7 Å². The van der Waals surface area contributed by atoms with Crippen LogP contribution in [-0.2, 0) is 6.61 Å². The molecular formula is C16H18INO. The molecule has 0 unspecified atom stereocenters. The standard InChI is InChI=1S/C16H18INO/c1-2-16(18)13-5-9-15(10-6-13)19-11-12-3-7-14(17)8-4-12/h3-10,16H,2,11,18H2,1H3/t16-/m1/s1. The maximum absolute atomic E-state index is 5.98. The van der Waals surface area contributed by atoms with E-state index in [2.05, 4.69) is 53.8 Å². The van der Waals surface area contributed by atoms with Crippen LogP contribution in [0, 0.1) is 3.57 Å². The van der Waals surface area contributed by atoms with Crippen LogP contribution in [0.1, 0.15) is 30.5 Å². The van der Waals surface area contributed by atoms with E-state index in [-0.39, 0.29) is 6.04 Å². The van der Waals surface area contributed by atoms with Crippen molar-refractivity contribution in [3.63, 3.8) is 0 Å². The van der Waals surface area contributed by atoms with Crippen molar-refractivity contribution in [1.29, 1.82) is 0 Å². The van der Waals surface area contributed by atoms with Gasteiger partial charge in [0, 0.05) is 9.61 Å². The van der Waals surface area contributed by atoms with E-state index in [0.29, 0.717) is 6.61 Å². The van der Waals surface area contributed by atoms with Crippen molar-refractivity contribution in [3.05, 3.63) is 63.2 Å². The van der Waals surface area contributed by atoms with Gasteiger partial charge in [0.15, 0.2) is 0 Å². The highest BCUT2D eigenvalue weighted by Crippen LogP contribution is 2.19. The molecule has 0 bridgehead atoms. The summed E-state index contributed by atoms with van der Waals surface area (Å²) in [4.78, 5) is 0. The Kier molecular flexibility index (Phi) is 5.22. The lowest BCUT2D eigenvalue weighted by Gasteiger charge is -2.11. The normalized spacial score (nSPS) is 12.2. The number of hydrogen-bond acceptors (Lipinski definition) is 2. The first-order valence-corrected chi connectivity index (χ1v) is 7.49. The zero-order chi connectivity index (χ0) is 13.7. The fourth-order valence-electron chi connectivity index (χ4n) is 1.79. The number of ether oxygens (including phenoxy) is 1. The summed E-state index contributed by atoms with van der Waals surface area (Å²) >= 11 is 2.30. The Morgan fingerprint density at radius 3 is 2.26 bits per heavy atom. The summed E-state index contributed by atoms with van der Waals surface area (Å²) in [5, 5.41) is 0. The molecule has 2 rings (SSSR count). The Labute approximate surface area is 128 Å². The van der Waals surface area contributed by atoms with Gasteiger partial charge in [-0.2, -0.15) is 0 Å². The van der Waals surface area contributed by atoms with E-state index in [1.165, 1.54) is 9.13 Å². The molecule has 2 nitrogen and oxygen atoms in total. The molecule has 0 aliphatic carbocycles. The van der Waals surface area contributed by atoms with Gasteiger partial charge in [0.2, 0.25) is 0 Å². The Morgan fingerprint density at radius 1 is 1.05 bits per heavy atom. The lowest BCUT2D eigenvalue weighted by atomic mass is 10.1. The quantitative estimate of drug-likeness (QED) is 0.801. The largest absolute Gasteiger partial charge is 0.489 e.